The fourth-order valence-corrected chi connectivity index (χ4v) is 5.02. The Hall–Kier alpha value is -2.79. The molecule has 1 aliphatic carbocycles. The van der Waals surface area contributed by atoms with Crippen LogP contribution in [0.1, 0.15) is 67.7 Å². The molecule has 5 rings (SSSR count). The molecule has 1 saturated heterocycles. The molecule has 1 heterocycles. The summed E-state index contributed by atoms with van der Waals surface area (Å²) in [5.74, 6) is -0.596. The van der Waals surface area contributed by atoms with Crippen molar-refractivity contribution in [1.82, 2.24) is 0 Å². The van der Waals surface area contributed by atoms with Gasteiger partial charge in [-0.3, -0.25) is 0 Å². The van der Waals surface area contributed by atoms with E-state index in [0.29, 0.717) is 35.0 Å². The summed E-state index contributed by atoms with van der Waals surface area (Å²) in [5, 5.41) is 0. The van der Waals surface area contributed by atoms with Crippen molar-refractivity contribution in [2.24, 2.45) is 5.92 Å². The average Bonchev–Trinajstić information content (AvgIpc) is 3.70. The average molecular weight is 467 g/mol. The van der Waals surface area contributed by atoms with Gasteiger partial charge >= 0.3 is 0 Å². The second-order valence-electron chi connectivity index (χ2n) is 9.45. The molecule has 0 N–H and O–H groups in total. The first-order valence-electron chi connectivity index (χ1n) is 12.1. The minimum absolute atomic E-state index is 0.0987. The number of benzene rings is 3. The first-order chi connectivity index (χ1) is 16.5. The van der Waals surface area contributed by atoms with Gasteiger partial charge in [-0.25, -0.2) is 13.2 Å². The molecule has 5 heteroatoms. The second-order valence-corrected chi connectivity index (χ2v) is 9.45. The zero-order valence-corrected chi connectivity index (χ0v) is 19.3. The standard InChI is InChI=1S/C29H29F3O2/c1-2-18-3-7-20(8-4-18)23-13-14-24(29(32)28(23)31)21-9-5-19(6-10-21)16-33-22-11-12-25(26(30)15-22)27-17-34-27/h5-6,9-15,18,20,27H,2-4,7-8,16-17H2,1H3. The third kappa shape index (κ3) is 4.85. The number of ether oxygens (including phenoxy) is 2. The van der Waals surface area contributed by atoms with Gasteiger partial charge in [0.2, 0.25) is 0 Å². The van der Waals surface area contributed by atoms with E-state index >= 15 is 4.39 Å². The lowest BCUT2D eigenvalue weighted by Crippen LogP contribution is -2.14. The van der Waals surface area contributed by atoms with Gasteiger partial charge in [-0.1, -0.05) is 49.7 Å². The Kier molecular flexibility index (Phi) is 6.64. The van der Waals surface area contributed by atoms with Crippen LogP contribution in [0.15, 0.2) is 54.6 Å². The third-order valence-corrected chi connectivity index (χ3v) is 7.30. The van der Waals surface area contributed by atoms with Crippen LogP contribution in [0.5, 0.6) is 5.75 Å². The van der Waals surface area contributed by atoms with Crippen molar-refractivity contribution >= 4 is 0 Å². The molecule has 2 fully saturated rings. The molecule has 0 aromatic heterocycles. The maximum Gasteiger partial charge on any atom is 0.166 e. The zero-order valence-electron chi connectivity index (χ0n) is 19.3. The molecular formula is C29H29F3O2. The number of hydrogen-bond donors (Lipinski definition) is 0. The molecule has 0 spiro atoms. The maximum absolute atomic E-state index is 15.0. The van der Waals surface area contributed by atoms with Gasteiger partial charge < -0.3 is 9.47 Å². The minimum atomic E-state index is -0.783. The summed E-state index contributed by atoms with van der Waals surface area (Å²) >= 11 is 0. The van der Waals surface area contributed by atoms with E-state index in [2.05, 4.69) is 6.92 Å². The number of hydrogen-bond acceptors (Lipinski definition) is 2. The van der Waals surface area contributed by atoms with Crippen LogP contribution in [0.3, 0.4) is 0 Å². The topological polar surface area (TPSA) is 21.8 Å². The van der Waals surface area contributed by atoms with Crippen LogP contribution in [0.2, 0.25) is 0 Å². The predicted octanol–water partition coefficient (Wildman–Crippen LogP) is 8.11. The summed E-state index contributed by atoms with van der Waals surface area (Å²) in [6, 6.07) is 15.4. The monoisotopic (exact) mass is 466 g/mol. The number of halogens is 3. The smallest absolute Gasteiger partial charge is 0.166 e. The van der Waals surface area contributed by atoms with E-state index in [1.165, 1.54) is 6.07 Å². The molecule has 3 aromatic carbocycles. The van der Waals surface area contributed by atoms with Gasteiger partial charge in [0.15, 0.2) is 11.6 Å². The summed E-state index contributed by atoms with van der Waals surface area (Å²) in [7, 11) is 0. The van der Waals surface area contributed by atoms with Gasteiger partial charge in [-0.15, -0.1) is 0 Å². The molecule has 1 saturated carbocycles. The van der Waals surface area contributed by atoms with E-state index in [1.807, 2.05) is 12.1 Å². The van der Waals surface area contributed by atoms with Crippen LogP contribution < -0.4 is 4.74 Å². The molecule has 0 bridgehead atoms. The van der Waals surface area contributed by atoms with E-state index in [1.54, 1.807) is 36.4 Å². The Labute approximate surface area is 198 Å². The Balaban J connectivity index is 1.25. The molecular weight excluding hydrogens is 437 g/mol. The van der Waals surface area contributed by atoms with Crippen molar-refractivity contribution in [2.75, 3.05) is 6.61 Å². The highest BCUT2D eigenvalue weighted by atomic mass is 19.2. The van der Waals surface area contributed by atoms with Crippen LogP contribution in [-0.4, -0.2) is 6.61 Å². The molecule has 3 aromatic rings. The maximum atomic E-state index is 15.0. The number of rotatable bonds is 7. The van der Waals surface area contributed by atoms with Crippen molar-refractivity contribution in [1.29, 1.82) is 0 Å². The Bertz CT molecular complexity index is 1150. The van der Waals surface area contributed by atoms with Crippen molar-refractivity contribution < 1.29 is 22.6 Å². The fraction of sp³-hybridized carbons (Fsp3) is 0.379. The Morgan fingerprint density at radius 1 is 0.853 bits per heavy atom. The first-order valence-corrected chi connectivity index (χ1v) is 12.1. The fourth-order valence-electron chi connectivity index (χ4n) is 5.02. The van der Waals surface area contributed by atoms with E-state index in [-0.39, 0.29) is 30.0 Å². The highest BCUT2D eigenvalue weighted by molar-refractivity contribution is 5.65. The zero-order chi connectivity index (χ0) is 23.7. The lowest BCUT2D eigenvalue weighted by atomic mass is 9.77. The van der Waals surface area contributed by atoms with Gasteiger partial charge in [0.05, 0.1) is 6.61 Å². The van der Waals surface area contributed by atoms with Crippen molar-refractivity contribution in [2.45, 2.75) is 57.7 Å². The van der Waals surface area contributed by atoms with E-state index in [9.17, 15) is 8.78 Å². The summed E-state index contributed by atoms with van der Waals surface area (Å²) in [5.41, 5.74) is 2.78. The Morgan fingerprint density at radius 3 is 2.21 bits per heavy atom. The highest BCUT2D eigenvalue weighted by Gasteiger charge is 2.28. The summed E-state index contributed by atoms with van der Waals surface area (Å²) in [6.07, 6.45) is 5.02. The van der Waals surface area contributed by atoms with Crippen LogP contribution in [-0.2, 0) is 11.3 Å². The van der Waals surface area contributed by atoms with Crippen molar-refractivity contribution in [3.8, 4) is 16.9 Å². The second kappa shape index (κ2) is 9.83. The molecule has 34 heavy (non-hydrogen) atoms. The molecule has 1 atom stereocenters. The van der Waals surface area contributed by atoms with Crippen LogP contribution in [0.25, 0.3) is 11.1 Å². The van der Waals surface area contributed by atoms with Gasteiger partial charge in [0.25, 0.3) is 0 Å². The molecule has 0 radical (unpaired) electrons. The van der Waals surface area contributed by atoms with Gasteiger partial charge in [0, 0.05) is 17.2 Å². The van der Waals surface area contributed by atoms with E-state index < -0.39 is 11.6 Å². The molecule has 2 aliphatic rings. The summed E-state index contributed by atoms with van der Waals surface area (Å²) < 4.78 is 54.9. The van der Waals surface area contributed by atoms with Gasteiger partial charge in [-0.05, 0) is 66.3 Å². The lowest BCUT2D eigenvalue weighted by Gasteiger charge is -2.28. The van der Waals surface area contributed by atoms with Gasteiger partial charge in [-0.2, -0.15) is 0 Å². The highest BCUT2D eigenvalue weighted by Crippen LogP contribution is 2.40. The van der Waals surface area contributed by atoms with Crippen molar-refractivity contribution in [3.63, 3.8) is 0 Å². The number of epoxide rings is 1. The first kappa shape index (κ1) is 23.0. The quantitative estimate of drug-likeness (QED) is 0.328. The molecule has 1 unspecified atom stereocenters. The molecule has 1 aliphatic heterocycles. The van der Waals surface area contributed by atoms with E-state index in [0.717, 1.165) is 37.7 Å². The summed E-state index contributed by atoms with van der Waals surface area (Å²) in [4.78, 5) is 0. The normalized spacial score (nSPS) is 21.9. The molecule has 0 amide bonds. The Morgan fingerprint density at radius 2 is 1.56 bits per heavy atom. The third-order valence-electron chi connectivity index (χ3n) is 7.30. The predicted molar refractivity (Wildman–Crippen MR) is 126 cm³/mol. The largest absolute Gasteiger partial charge is 0.489 e. The SMILES string of the molecule is CCC1CCC(c2ccc(-c3ccc(COc4ccc(C5CO5)c(F)c4)cc3)c(F)c2F)CC1. The van der Waals surface area contributed by atoms with Crippen molar-refractivity contribution in [3.05, 3.63) is 88.7 Å². The molecule has 178 valence electrons. The minimum Gasteiger partial charge on any atom is -0.489 e. The summed E-state index contributed by atoms with van der Waals surface area (Å²) in [6.45, 7) is 2.99. The van der Waals surface area contributed by atoms with Crippen LogP contribution in [0, 0.1) is 23.4 Å². The van der Waals surface area contributed by atoms with Gasteiger partial charge in [0.1, 0.15) is 24.3 Å². The van der Waals surface area contributed by atoms with Crippen LogP contribution >= 0.6 is 0 Å². The van der Waals surface area contributed by atoms with E-state index in [4.69, 9.17) is 9.47 Å². The molecule has 2 nitrogen and oxygen atoms in total. The lowest BCUT2D eigenvalue weighted by molar-refractivity contribution is 0.304. The van der Waals surface area contributed by atoms with Crippen LogP contribution in [0.4, 0.5) is 13.2 Å².